The number of nitro groups is 1. The fraction of sp³-hybridized carbons (Fsp3) is 0.250. The Kier molecular flexibility index (Phi) is 3.02. The van der Waals surface area contributed by atoms with Crippen molar-refractivity contribution in [2.45, 2.75) is 6.18 Å². The lowest BCUT2D eigenvalue weighted by Crippen LogP contribution is -2.10. The minimum Gasteiger partial charge on any atom is -0.490 e. The summed E-state index contributed by atoms with van der Waals surface area (Å²) in [5.74, 6) is -2.02. The quantitative estimate of drug-likeness (QED) is 0.453. The van der Waals surface area contributed by atoms with E-state index in [0.29, 0.717) is 6.07 Å². The van der Waals surface area contributed by atoms with Gasteiger partial charge in [-0.25, -0.2) is 4.39 Å². The zero-order valence-electron chi connectivity index (χ0n) is 7.84. The maximum Gasteiger partial charge on any atom is 0.423 e. The van der Waals surface area contributed by atoms with Gasteiger partial charge in [-0.2, -0.15) is 13.2 Å². The van der Waals surface area contributed by atoms with Crippen molar-refractivity contribution in [3.8, 4) is 5.75 Å². The molecule has 0 aliphatic carbocycles. The minimum absolute atomic E-state index is 0.0562. The predicted octanol–water partition coefficient (Wildman–Crippen LogP) is 2.76. The Morgan fingerprint density at radius 1 is 1.38 bits per heavy atom. The first kappa shape index (κ1) is 12.2. The zero-order chi connectivity index (χ0) is 12.5. The first-order valence-corrected chi connectivity index (χ1v) is 3.86. The summed E-state index contributed by atoms with van der Waals surface area (Å²) in [5.41, 5.74) is -2.97. The van der Waals surface area contributed by atoms with Crippen LogP contribution in [0.4, 0.5) is 23.2 Å². The molecule has 8 heteroatoms. The van der Waals surface area contributed by atoms with Gasteiger partial charge in [-0.3, -0.25) is 10.1 Å². The molecular formula is C8H5F4NO3. The third kappa shape index (κ3) is 2.20. The molecule has 0 atom stereocenters. The number of hydrogen-bond donors (Lipinski definition) is 0. The van der Waals surface area contributed by atoms with Crippen LogP contribution in [0.5, 0.6) is 5.75 Å². The summed E-state index contributed by atoms with van der Waals surface area (Å²) in [6.45, 7) is 0. The maximum absolute atomic E-state index is 12.8. The van der Waals surface area contributed by atoms with Crippen molar-refractivity contribution in [1.82, 2.24) is 0 Å². The molecule has 0 bridgehead atoms. The van der Waals surface area contributed by atoms with Gasteiger partial charge in [-0.1, -0.05) is 0 Å². The van der Waals surface area contributed by atoms with E-state index in [0.717, 1.165) is 7.11 Å². The SMILES string of the molecule is COc1cc(F)cc(C(F)(F)F)c1[N+](=O)[O-]. The molecule has 4 nitrogen and oxygen atoms in total. The third-order valence-electron chi connectivity index (χ3n) is 1.75. The fourth-order valence-electron chi connectivity index (χ4n) is 1.13. The average molecular weight is 239 g/mol. The van der Waals surface area contributed by atoms with Crippen LogP contribution < -0.4 is 4.74 Å². The topological polar surface area (TPSA) is 52.4 Å². The molecule has 0 saturated carbocycles. The first-order valence-electron chi connectivity index (χ1n) is 3.86. The minimum atomic E-state index is -5.02. The van der Waals surface area contributed by atoms with Crippen molar-refractivity contribution in [2.75, 3.05) is 7.11 Å². The number of methoxy groups -OCH3 is 1. The lowest BCUT2D eigenvalue weighted by Gasteiger charge is -2.10. The second-order valence-corrected chi connectivity index (χ2v) is 2.76. The standard InChI is InChI=1S/C8H5F4NO3/c1-16-6-3-4(9)2-5(8(10,11)12)7(6)13(14)15/h2-3H,1H3. The first-order chi connectivity index (χ1) is 7.27. The fourth-order valence-corrected chi connectivity index (χ4v) is 1.13. The summed E-state index contributed by atoms with van der Waals surface area (Å²) >= 11 is 0. The van der Waals surface area contributed by atoms with Crippen LogP contribution in [0.15, 0.2) is 12.1 Å². The average Bonchev–Trinajstić information content (AvgIpc) is 2.14. The second kappa shape index (κ2) is 3.95. The Balaban J connectivity index is 3.57. The van der Waals surface area contributed by atoms with Gasteiger partial charge in [0, 0.05) is 6.07 Å². The van der Waals surface area contributed by atoms with Crippen molar-refractivity contribution in [3.05, 3.63) is 33.6 Å². The van der Waals surface area contributed by atoms with Gasteiger partial charge in [0.15, 0.2) is 5.75 Å². The molecule has 16 heavy (non-hydrogen) atoms. The number of ether oxygens (including phenoxy) is 1. The van der Waals surface area contributed by atoms with Gasteiger partial charge in [0.05, 0.1) is 12.0 Å². The number of halogens is 4. The molecule has 0 saturated heterocycles. The van der Waals surface area contributed by atoms with Crippen LogP contribution in [-0.4, -0.2) is 12.0 Å². The molecule has 0 amide bonds. The van der Waals surface area contributed by atoms with E-state index >= 15 is 0 Å². The van der Waals surface area contributed by atoms with Gasteiger partial charge >= 0.3 is 11.9 Å². The van der Waals surface area contributed by atoms with E-state index in [4.69, 9.17) is 0 Å². The van der Waals surface area contributed by atoms with Gasteiger partial charge in [0.2, 0.25) is 0 Å². The Morgan fingerprint density at radius 2 is 1.94 bits per heavy atom. The smallest absolute Gasteiger partial charge is 0.423 e. The van der Waals surface area contributed by atoms with Crippen molar-refractivity contribution < 1.29 is 27.2 Å². The summed E-state index contributed by atoms with van der Waals surface area (Å²) < 4.78 is 54.3. The molecule has 1 aromatic carbocycles. The number of benzene rings is 1. The van der Waals surface area contributed by atoms with Crippen LogP contribution in [0.1, 0.15) is 5.56 Å². The highest BCUT2D eigenvalue weighted by Crippen LogP contribution is 2.41. The van der Waals surface area contributed by atoms with Gasteiger partial charge in [-0.05, 0) is 6.07 Å². The molecular weight excluding hydrogens is 234 g/mol. The highest BCUT2D eigenvalue weighted by atomic mass is 19.4. The lowest BCUT2D eigenvalue weighted by molar-refractivity contribution is -0.389. The van der Waals surface area contributed by atoms with Crippen molar-refractivity contribution >= 4 is 5.69 Å². The van der Waals surface area contributed by atoms with Crippen LogP contribution in [0.3, 0.4) is 0 Å². The predicted molar refractivity (Wildman–Crippen MR) is 44.6 cm³/mol. The molecule has 0 unspecified atom stereocenters. The van der Waals surface area contributed by atoms with Crippen LogP contribution in [0.2, 0.25) is 0 Å². The van der Waals surface area contributed by atoms with E-state index in [2.05, 4.69) is 4.74 Å². The molecule has 1 aromatic rings. The molecule has 88 valence electrons. The van der Waals surface area contributed by atoms with Gasteiger partial charge < -0.3 is 4.74 Å². The van der Waals surface area contributed by atoms with Crippen LogP contribution in [0, 0.1) is 15.9 Å². The monoisotopic (exact) mass is 239 g/mol. The molecule has 0 aliphatic rings. The number of rotatable bonds is 2. The molecule has 1 rings (SSSR count). The molecule has 0 heterocycles. The largest absolute Gasteiger partial charge is 0.490 e. The second-order valence-electron chi connectivity index (χ2n) is 2.76. The molecule has 0 aliphatic heterocycles. The number of hydrogen-bond acceptors (Lipinski definition) is 3. The van der Waals surface area contributed by atoms with Crippen LogP contribution in [0.25, 0.3) is 0 Å². The van der Waals surface area contributed by atoms with E-state index in [-0.39, 0.29) is 6.07 Å². The van der Waals surface area contributed by atoms with Crippen molar-refractivity contribution in [2.24, 2.45) is 0 Å². The molecule has 0 N–H and O–H groups in total. The summed E-state index contributed by atoms with van der Waals surface area (Å²) in [7, 11) is 0.919. The van der Waals surface area contributed by atoms with Crippen LogP contribution >= 0.6 is 0 Å². The lowest BCUT2D eigenvalue weighted by atomic mass is 10.1. The summed E-state index contributed by atoms with van der Waals surface area (Å²) in [6.07, 6.45) is -5.02. The van der Waals surface area contributed by atoms with Crippen molar-refractivity contribution in [3.63, 3.8) is 0 Å². The molecule has 0 spiro atoms. The maximum atomic E-state index is 12.8. The molecule has 0 radical (unpaired) electrons. The number of nitro benzene ring substituents is 1. The van der Waals surface area contributed by atoms with E-state index in [9.17, 15) is 27.7 Å². The van der Waals surface area contributed by atoms with E-state index < -0.39 is 33.9 Å². The van der Waals surface area contributed by atoms with Crippen molar-refractivity contribution in [1.29, 1.82) is 0 Å². The summed E-state index contributed by atoms with van der Waals surface area (Å²) in [6, 6.07) is 0.577. The molecule has 0 aromatic heterocycles. The highest BCUT2D eigenvalue weighted by molar-refractivity contribution is 5.54. The number of nitrogens with zero attached hydrogens (tertiary/aromatic N) is 1. The highest BCUT2D eigenvalue weighted by Gasteiger charge is 2.41. The van der Waals surface area contributed by atoms with Gasteiger partial charge in [-0.15, -0.1) is 0 Å². The number of alkyl halides is 3. The Bertz CT molecular complexity index is 430. The van der Waals surface area contributed by atoms with Gasteiger partial charge in [0.25, 0.3) is 0 Å². The van der Waals surface area contributed by atoms with E-state index in [1.54, 1.807) is 0 Å². The van der Waals surface area contributed by atoms with E-state index in [1.165, 1.54) is 0 Å². The Hall–Kier alpha value is -1.86. The summed E-state index contributed by atoms with van der Waals surface area (Å²) in [5, 5.41) is 10.5. The molecule has 0 fully saturated rings. The van der Waals surface area contributed by atoms with E-state index in [1.807, 2.05) is 0 Å². The van der Waals surface area contributed by atoms with Gasteiger partial charge in [0.1, 0.15) is 11.4 Å². The normalized spacial score (nSPS) is 11.3. The third-order valence-corrected chi connectivity index (χ3v) is 1.75. The zero-order valence-corrected chi connectivity index (χ0v) is 7.84. The Labute approximate surface area is 86.6 Å². The summed E-state index contributed by atoms with van der Waals surface area (Å²) in [4.78, 5) is 9.20. The van der Waals surface area contributed by atoms with Crippen LogP contribution in [-0.2, 0) is 6.18 Å². The Morgan fingerprint density at radius 3 is 2.31 bits per heavy atom.